The number of urea groups is 1. The minimum atomic E-state index is -1.45. The Morgan fingerprint density at radius 3 is 2.20 bits per heavy atom. The number of anilines is 1. The van der Waals surface area contributed by atoms with Crippen LogP contribution < -0.4 is 16.4 Å². The molecule has 1 atom stereocenters. The second kappa shape index (κ2) is 9.22. The summed E-state index contributed by atoms with van der Waals surface area (Å²) >= 11 is 0. The normalized spacial score (nSPS) is 17.1. The molecule has 1 aliphatic heterocycles. The summed E-state index contributed by atoms with van der Waals surface area (Å²) in [4.78, 5) is 63.1. The fourth-order valence-electron chi connectivity index (χ4n) is 3.79. The van der Waals surface area contributed by atoms with Crippen molar-refractivity contribution < 1.29 is 24.0 Å². The molecule has 35 heavy (non-hydrogen) atoms. The maximum atomic E-state index is 13.1. The van der Waals surface area contributed by atoms with Crippen LogP contribution in [0.15, 0.2) is 78.9 Å². The number of nitrogens with zero attached hydrogens (tertiary/aromatic N) is 1. The second-order valence-corrected chi connectivity index (χ2v) is 8.21. The molecule has 4 N–H and O–H groups in total. The molecule has 1 unspecified atom stereocenters. The molecule has 9 nitrogen and oxygen atoms in total. The molecule has 5 amide bonds. The van der Waals surface area contributed by atoms with E-state index in [-0.39, 0.29) is 17.0 Å². The monoisotopic (exact) mass is 470 g/mol. The zero-order chi connectivity index (χ0) is 25.2. The molecule has 1 heterocycles. The minimum Gasteiger partial charge on any atom is -0.366 e. The van der Waals surface area contributed by atoms with E-state index in [2.05, 4.69) is 10.6 Å². The third-order valence-corrected chi connectivity index (χ3v) is 5.80. The first-order valence-corrected chi connectivity index (χ1v) is 10.7. The molecule has 0 radical (unpaired) electrons. The Kier molecular flexibility index (Phi) is 6.16. The molecule has 1 aliphatic rings. The molecular weight excluding hydrogens is 448 g/mol. The van der Waals surface area contributed by atoms with Gasteiger partial charge < -0.3 is 16.4 Å². The van der Waals surface area contributed by atoms with Gasteiger partial charge in [0.2, 0.25) is 5.91 Å². The summed E-state index contributed by atoms with van der Waals surface area (Å²) in [6.07, 6.45) is 0. The smallest absolute Gasteiger partial charge is 0.325 e. The highest BCUT2D eigenvalue weighted by Gasteiger charge is 2.49. The van der Waals surface area contributed by atoms with Gasteiger partial charge in [0.15, 0.2) is 5.78 Å². The van der Waals surface area contributed by atoms with Gasteiger partial charge in [-0.25, -0.2) is 4.79 Å². The van der Waals surface area contributed by atoms with Crippen molar-refractivity contribution in [3.05, 3.63) is 101 Å². The third-order valence-electron chi connectivity index (χ3n) is 5.80. The van der Waals surface area contributed by atoms with E-state index in [0.29, 0.717) is 16.8 Å². The second-order valence-electron chi connectivity index (χ2n) is 8.21. The van der Waals surface area contributed by atoms with Gasteiger partial charge in [-0.05, 0) is 61.0 Å². The first-order chi connectivity index (χ1) is 16.7. The Morgan fingerprint density at radius 1 is 0.886 bits per heavy atom. The van der Waals surface area contributed by atoms with Crippen LogP contribution in [0.1, 0.15) is 43.6 Å². The van der Waals surface area contributed by atoms with Crippen LogP contribution in [-0.2, 0) is 10.3 Å². The van der Waals surface area contributed by atoms with Crippen molar-refractivity contribution in [1.29, 1.82) is 0 Å². The predicted molar refractivity (Wildman–Crippen MR) is 128 cm³/mol. The van der Waals surface area contributed by atoms with E-state index in [0.717, 1.165) is 4.90 Å². The molecule has 1 fully saturated rings. The van der Waals surface area contributed by atoms with Gasteiger partial charge >= 0.3 is 6.03 Å². The summed E-state index contributed by atoms with van der Waals surface area (Å²) in [7, 11) is 0. The Bertz CT molecular complexity index is 1340. The number of carbonyl (C=O) groups is 5. The van der Waals surface area contributed by atoms with E-state index < -0.39 is 35.7 Å². The molecular formula is C26H22N4O5. The molecule has 1 saturated heterocycles. The lowest BCUT2D eigenvalue weighted by atomic mass is 9.90. The molecule has 0 saturated carbocycles. The van der Waals surface area contributed by atoms with Crippen LogP contribution in [0.3, 0.4) is 0 Å². The van der Waals surface area contributed by atoms with Crippen LogP contribution in [0.4, 0.5) is 10.5 Å². The average Bonchev–Trinajstić information content (AvgIpc) is 3.08. The number of rotatable bonds is 7. The van der Waals surface area contributed by atoms with Crippen LogP contribution in [0.2, 0.25) is 0 Å². The van der Waals surface area contributed by atoms with Gasteiger partial charge in [-0.2, -0.15) is 0 Å². The Balaban J connectivity index is 1.45. The number of primary amides is 1. The van der Waals surface area contributed by atoms with E-state index >= 15 is 0 Å². The van der Waals surface area contributed by atoms with E-state index in [1.165, 1.54) is 31.2 Å². The maximum Gasteiger partial charge on any atom is 0.325 e. The van der Waals surface area contributed by atoms with Gasteiger partial charge in [0.1, 0.15) is 5.54 Å². The molecule has 3 aromatic carbocycles. The van der Waals surface area contributed by atoms with E-state index in [1.54, 1.807) is 48.5 Å². The van der Waals surface area contributed by atoms with Crippen LogP contribution in [0.5, 0.6) is 0 Å². The fraction of sp³-hybridized carbons (Fsp3) is 0.115. The van der Waals surface area contributed by atoms with E-state index in [9.17, 15) is 24.0 Å². The van der Waals surface area contributed by atoms with Crippen molar-refractivity contribution >= 4 is 35.2 Å². The lowest BCUT2D eigenvalue weighted by molar-refractivity contribution is -0.130. The summed E-state index contributed by atoms with van der Waals surface area (Å²) < 4.78 is 0. The van der Waals surface area contributed by atoms with Gasteiger partial charge in [0.05, 0.1) is 6.54 Å². The highest BCUT2D eigenvalue weighted by molar-refractivity contribution is 6.11. The summed E-state index contributed by atoms with van der Waals surface area (Å²) in [5, 5.41) is 5.34. The number of nitrogens with two attached hydrogens (primary N) is 1. The number of ketones is 1. The van der Waals surface area contributed by atoms with Gasteiger partial charge in [-0.15, -0.1) is 0 Å². The summed E-state index contributed by atoms with van der Waals surface area (Å²) in [6.45, 7) is 1.04. The van der Waals surface area contributed by atoms with Crippen LogP contribution in [0.25, 0.3) is 0 Å². The number of amides is 5. The van der Waals surface area contributed by atoms with Crippen molar-refractivity contribution in [2.75, 3.05) is 11.9 Å². The number of carbonyl (C=O) groups excluding carboxylic acids is 5. The number of benzene rings is 3. The summed E-state index contributed by atoms with van der Waals surface area (Å²) in [6, 6.07) is 20.2. The minimum absolute atomic E-state index is 0.194. The molecule has 0 bridgehead atoms. The number of imide groups is 1. The average molecular weight is 470 g/mol. The van der Waals surface area contributed by atoms with Crippen molar-refractivity contribution in [2.24, 2.45) is 5.73 Å². The molecule has 176 valence electrons. The van der Waals surface area contributed by atoms with Crippen molar-refractivity contribution in [3.63, 3.8) is 0 Å². The molecule has 3 aromatic rings. The largest absolute Gasteiger partial charge is 0.366 e. The van der Waals surface area contributed by atoms with Gasteiger partial charge in [0, 0.05) is 22.4 Å². The standard InChI is InChI=1S/C26H22N4O5/c1-26(19-9-5-8-18(14-19)22(27)32)24(34)30(25(35)29-26)15-21(31)16-10-12-20(13-11-16)28-23(33)17-6-3-2-4-7-17/h2-14H,15H2,1H3,(H2,27,32)(H,28,33)(H,29,35). The molecule has 0 aromatic heterocycles. The van der Waals surface area contributed by atoms with E-state index in [4.69, 9.17) is 5.73 Å². The van der Waals surface area contributed by atoms with Crippen molar-refractivity contribution in [1.82, 2.24) is 10.2 Å². The maximum absolute atomic E-state index is 13.1. The lowest BCUT2D eigenvalue weighted by Crippen LogP contribution is -2.41. The molecule has 0 aliphatic carbocycles. The quantitative estimate of drug-likeness (QED) is 0.360. The SMILES string of the molecule is CC1(c2cccc(C(N)=O)c2)NC(=O)N(CC(=O)c2ccc(NC(=O)c3ccccc3)cc2)C1=O. The lowest BCUT2D eigenvalue weighted by Gasteiger charge is -2.22. The molecule has 0 spiro atoms. The van der Waals surface area contributed by atoms with Crippen LogP contribution >= 0.6 is 0 Å². The Labute approximate surface area is 200 Å². The highest BCUT2D eigenvalue weighted by atomic mass is 16.2. The Hall–Kier alpha value is -4.79. The van der Waals surface area contributed by atoms with E-state index in [1.807, 2.05) is 6.07 Å². The van der Waals surface area contributed by atoms with Crippen LogP contribution in [0, 0.1) is 0 Å². The number of hydrogen-bond acceptors (Lipinski definition) is 5. The molecule has 9 heteroatoms. The number of hydrogen-bond donors (Lipinski definition) is 3. The Morgan fingerprint density at radius 2 is 1.54 bits per heavy atom. The predicted octanol–water partition coefficient (Wildman–Crippen LogP) is 2.69. The first kappa shape index (κ1) is 23.4. The first-order valence-electron chi connectivity index (χ1n) is 10.7. The topological polar surface area (TPSA) is 139 Å². The van der Waals surface area contributed by atoms with Gasteiger partial charge in [0.25, 0.3) is 11.8 Å². The molecule has 4 rings (SSSR count). The number of nitrogens with one attached hydrogen (secondary N) is 2. The summed E-state index contributed by atoms with van der Waals surface area (Å²) in [5.41, 5.74) is 5.70. The zero-order valence-corrected chi connectivity index (χ0v) is 18.8. The fourth-order valence-corrected chi connectivity index (χ4v) is 3.79. The van der Waals surface area contributed by atoms with Gasteiger partial charge in [-0.3, -0.25) is 24.1 Å². The van der Waals surface area contributed by atoms with Crippen molar-refractivity contribution in [3.8, 4) is 0 Å². The summed E-state index contributed by atoms with van der Waals surface area (Å²) in [5.74, 6) is -2.03. The zero-order valence-electron chi connectivity index (χ0n) is 18.8. The van der Waals surface area contributed by atoms with Gasteiger partial charge in [-0.1, -0.05) is 30.3 Å². The van der Waals surface area contributed by atoms with Crippen LogP contribution in [-0.4, -0.2) is 41.0 Å². The highest BCUT2D eigenvalue weighted by Crippen LogP contribution is 2.29. The third kappa shape index (κ3) is 4.65. The van der Waals surface area contributed by atoms with Crippen molar-refractivity contribution in [2.45, 2.75) is 12.5 Å². The number of Topliss-reactive ketones (excluding diaryl/α,β-unsaturated/α-hetero) is 1.